The van der Waals surface area contributed by atoms with Crippen molar-refractivity contribution >= 4 is 12.7 Å². The summed E-state index contributed by atoms with van der Waals surface area (Å²) >= 11 is 0. The molecule has 0 spiro atoms. The van der Waals surface area contributed by atoms with E-state index >= 15 is 0 Å². The van der Waals surface area contributed by atoms with Crippen LogP contribution in [0.2, 0.25) is 0 Å². The zero-order chi connectivity index (χ0) is 14.4. The molecule has 1 saturated heterocycles. The molecule has 1 aromatic heterocycles. The van der Waals surface area contributed by atoms with Crippen molar-refractivity contribution in [2.75, 3.05) is 0 Å². The molecular formula is C16H20BNO2. The van der Waals surface area contributed by atoms with Gasteiger partial charge >= 0.3 is 7.12 Å². The Kier molecular flexibility index (Phi) is 3.03. The predicted molar refractivity (Wildman–Crippen MR) is 81.9 cm³/mol. The van der Waals surface area contributed by atoms with Crippen LogP contribution in [0.25, 0.3) is 11.1 Å². The second-order valence-electron chi connectivity index (χ2n) is 6.30. The minimum Gasteiger partial charge on any atom is -0.398 e. The van der Waals surface area contributed by atoms with Gasteiger partial charge < -0.3 is 14.3 Å². The van der Waals surface area contributed by atoms with Crippen LogP contribution in [0.3, 0.4) is 0 Å². The number of benzene rings is 1. The van der Waals surface area contributed by atoms with Gasteiger partial charge in [0.25, 0.3) is 0 Å². The van der Waals surface area contributed by atoms with E-state index < -0.39 is 0 Å². The van der Waals surface area contributed by atoms with Crippen molar-refractivity contribution in [2.24, 2.45) is 0 Å². The standard InChI is InChI=1S/C16H20BNO2/c1-15(2)16(3,4)20-17(19-15)14-10-13(11-18-14)12-8-6-5-7-9-12/h5-11,18H,1-4H3. The Hall–Kier alpha value is -1.52. The Balaban J connectivity index is 1.86. The summed E-state index contributed by atoms with van der Waals surface area (Å²) in [5, 5.41) is 0. The molecule has 1 aliphatic heterocycles. The number of hydrogen-bond acceptors (Lipinski definition) is 2. The van der Waals surface area contributed by atoms with Gasteiger partial charge in [-0.3, -0.25) is 0 Å². The molecule has 4 heteroatoms. The molecule has 3 nitrogen and oxygen atoms in total. The maximum absolute atomic E-state index is 6.05. The predicted octanol–water partition coefficient (Wildman–Crippen LogP) is 2.98. The van der Waals surface area contributed by atoms with Crippen molar-refractivity contribution in [3.63, 3.8) is 0 Å². The van der Waals surface area contributed by atoms with Crippen molar-refractivity contribution < 1.29 is 9.31 Å². The fourth-order valence-corrected chi connectivity index (χ4v) is 2.32. The van der Waals surface area contributed by atoms with E-state index in [9.17, 15) is 0 Å². The molecule has 2 aromatic rings. The summed E-state index contributed by atoms with van der Waals surface area (Å²) in [5.41, 5.74) is 2.68. The van der Waals surface area contributed by atoms with Gasteiger partial charge in [0.15, 0.2) is 0 Å². The Labute approximate surface area is 120 Å². The molecule has 20 heavy (non-hydrogen) atoms. The lowest BCUT2D eigenvalue weighted by Crippen LogP contribution is -2.41. The minimum atomic E-state index is -0.336. The van der Waals surface area contributed by atoms with Gasteiger partial charge in [0.2, 0.25) is 0 Å². The highest BCUT2D eigenvalue weighted by molar-refractivity contribution is 6.61. The van der Waals surface area contributed by atoms with Gasteiger partial charge in [-0.15, -0.1) is 0 Å². The SMILES string of the molecule is CC1(C)OB(c2cc(-c3ccccc3)c[nH]2)OC1(C)C. The van der Waals surface area contributed by atoms with Gasteiger partial charge in [-0.05, 0) is 44.9 Å². The minimum absolute atomic E-state index is 0.310. The Morgan fingerprint density at radius 2 is 1.50 bits per heavy atom. The van der Waals surface area contributed by atoms with Gasteiger partial charge in [-0.25, -0.2) is 0 Å². The van der Waals surface area contributed by atoms with E-state index in [0.29, 0.717) is 0 Å². The highest BCUT2D eigenvalue weighted by Gasteiger charge is 2.52. The third kappa shape index (κ3) is 2.19. The van der Waals surface area contributed by atoms with E-state index in [1.54, 1.807) is 0 Å². The first-order chi connectivity index (χ1) is 9.39. The first-order valence-corrected chi connectivity index (χ1v) is 6.98. The number of hydrogen-bond donors (Lipinski definition) is 1. The van der Waals surface area contributed by atoms with Gasteiger partial charge in [0.1, 0.15) is 0 Å². The van der Waals surface area contributed by atoms with Crippen molar-refractivity contribution in [1.82, 2.24) is 4.98 Å². The summed E-state index contributed by atoms with van der Waals surface area (Å²) in [6.07, 6.45) is 2.00. The summed E-state index contributed by atoms with van der Waals surface area (Å²) in [4.78, 5) is 3.27. The fourth-order valence-electron chi connectivity index (χ4n) is 2.32. The molecule has 0 atom stereocenters. The first-order valence-electron chi connectivity index (χ1n) is 6.98. The molecule has 3 rings (SSSR count). The maximum Gasteiger partial charge on any atom is 0.512 e. The van der Waals surface area contributed by atoms with E-state index in [4.69, 9.17) is 9.31 Å². The number of aromatic nitrogens is 1. The quantitative estimate of drug-likeness (QED) is 0.850. The van der Waals surface area contributed by atoms with Crippen LogP contribution in [-0.4, -0.2) is 23.3 Å². The molecule has 2 heterocycles. The van der Waals surface area contributed by atoms with Crippen molar-refractivity contribution in [1.29, 1.82) is 0 Å². The molecule has 104 valence electrons. The second kappa shape index (κ2) is 4.50. The van der Waals surface area contributed by atoms with E-state index in [0.717, 1.165) is 11.2 Å². The van der Waals surface area contributed by atoms with Crippen LogP contribution in [0.5, 0.6) is 0 Å². The number of aromatic amines is 1. The molecule has 1 fully saturated rings. The number of rotatable bonds is 2. The van der Waals surface area contributed by atoms with Gasteiger partial charge in [-0.1, -0.05) is 30.3 Å². The zero-order valence-electron chi connectivity index (χ0n) is 12.4. The molecule has 0 unspecified atom stereocenters. The van der Waals surface area contributed by atoms with Crippen LogP contribution in [0.15, 0.2) is 42.6 Å². The summed E-state index contributed by atoms with van der Waals surface area (Å²) in [5.74, 6) is 0. The summed E-state index contributed by atoms with van der Waals surface area (Å²) in [6, 6.07) is 12.4. The third-order valence-electron chi connectivity index (χ3n) is 4.32. The molecule has 0 saturated carbocycles. The molecule has 0 aliphatic carbocycles. The van der Waals surface area contributed by atoms with E-state index in [1.165, 1.54) is 5.56 Å². The fraction of sp³-hybridized carbons (Fsp3) is 0.375. The highest BCUT2D eigenvalue weighted by Crippen LogP contribution is 2.36. The Morgan fingerprint density at radius 1 is 0.900 bits per heavy atom. The van der Waals surface area contributed by atoms with E-state index in [-0.39, 0.29) is 18.3 Å². The number of nitrogens with one attached hydrogen (secondary N) is 1. The molecule has 1 aromatic carbocycles. The Bertz CT molecular complexity index is 588. The number of H-pyrrole nitrogens is 1. The zero-order valence-corrected chi connectivity index (χ0v) is 12.4. The highest BCUT2D eigenvalue weighted by atomic mass is 16.7. The summed E-state index contributed by atoms with van der Waals surface area (Å²) in [6.45, 7) is 8.25. The molecule has 1 N–H and O–H groups in total. The van der Waals surface area contributed by atoms with Crippen LogP contribution in [0, 0.1) is 0 Å². The molecule has 1 aliphatic rings. The topological polar surface area (TPSA) is 34.2 Å². The van der Waals surface area contributed by atoms with Crippen molar-refractivity contribution in [3.05, 3.63) is 42.6 Å². The average molecular weight is 269 g/mol. The van der Waals surface area contributed by atoms with Crippen LogP contribution in [0.4, 0.5) is 0 Å². The van der Waals surface area contributed by atoms with E-state index in [1.807, 2.05) is 24.4 Å². The molecule has 0 radical (unpaired) electrons. The summed E-state index contributed by atoms with van der Waals surface area (Å²) < 4.78 is 12.1. The van der Waals surface area contributed by atoms with Gasteiger partial charge in [0.05, 0.1) is 11.2 Å². The lowest BCUT2D eigenvalue weighted by atomic mass is 9.84. The van der Waals surface area contributed by atoms with Gasteiger partial charge in [0, 0.05) is 11.8 Å². The Morgan fingerprint density at radius 3 is 2.10 bits per heavy atom. The van der Waals surface area contributed by atoms with Crippen LogP contribution < -0.4 is 5.59 Å². The molecular weight excluding hydrogens is 249 g/mol. The maximum atomic E-state index is 6.05. The summed E-state index contributed by atoms with van der Waals surface area (Å²) in [7, 11) is -0.336. The largest absolute Gasteiger partial charge is 0.512 e. The monoisotopic (exact) mass is 269 g/mol. The lowest BCUT2D eigenvalue weighted by molar-refractivity contribution is 0.00578. The van der Waals surface area contributed by atoms with Crippen LogP contribution in [0.1, 0.15) is 27.7 Å². The van der Waals surface area contributed by atoms with Gasteiger partial charge in [-0.2, -0.15) is 0 Å². The normalized spacial score (nSPS) is 20.3. The first kappa shape index (κ1) is 13.5. The third-order valence-corrected chi connectivity index (χ3v) is 4.32. The lowest BCUT2D eigenvalue weighted by Gasteiger charge is -2.32. The van der Waals surface area contributed by atoms with Crippen molar-refractivity contribution in [2.45, 2.75) is 38.9 Å². The smallest absolute Gasteiger partial charge is 0.398 e. The van der Waals surface area contributed by atoms with E-state index in [2.05, 4.69) is 50.9 Å². The average Bonchev–Trinajstić information content (AvgIpc) is 2.94. The molecule has 0 bridgehead atoms. The molecule has 0 amide bonds. The second-order valence-corrected chi connectivity index (χ2v) is 6.30. The van der Waals surface area contributed by atoms with Crippen LogP contribution >= 0.6 is 0 Å². The van der Waals surface area contributed by atoms with Crippen LogP contribution in [-0.2, 0) is 9.31 Å². The van der Waals surface area contributed by atoms with Crippen molar-refractivity contribution in [3.8, 4) is 11.1 Å².